The first-order chi connectivity index (χ1) is 14.3. The normalized spacial score (nSPS) is 13.7. The van der Waals surface area contributed by atoms with Crippen molar-refractivity contribution in [3.8, 4) is 0 Å². The van der Waals surface area contributed by atoms with Gasteiger partial charge in [0.25, 0.3) is 0 Å². The van der Waals surface area contributed by atoms with E-state index in [0.717, 1.165) is 0 Å². The maximum Gasteiger partial charge on any atom is 0.112 e. The first kappa shape index (κ1) is 20.1. The van der Waals surface area contributed by atoms with Crippen LogP contribution >= 0.6 is 0 Å². The van der Waals surface area contributed by atoms with Crippen LogP contribution in [0.2, 0.25) is 0 Å². The van der Waals surface area contributed by atoms with Crippen LogP contribution in [-0.4, -0.2) is 76.0 Å². The van der Waals surface area contributed by atoms with Crippen LogP contribution in [0.5, 0.6) is 0 Å². The number of benzene rings is 2. The van der Waals surface area contributed by atoms with Crippen LogP contribution in [0.1, 0.15) is 22.3 Å². The van der Waals surface area contributed by atoms with Gasteiger partial charge in [0.1, 0.15) is 11.6 Å². The van der Waals surface area contributed by atoms with E-state index in [0.29, 0.717) is 0 Å². The Morgan fingerprint density at radius 1 is 0.433 bits per heavy atom. The Labute approximate surface area is 181 Å². The maximum absolute atomic E-state index is 2.27. The van der Waals surface area contributed by atoms with Crippen molar-refractivity contribution in [3.63, 3.8) is 0 Å². The Morgan fingerprint density at radius 2 is 0.700 bits per heavy atom. The fourth-order valence-electron chi connectivity index (χ4n) is 5.06. The predicted molar refractivity (Wildman–Crippen MR) is 128 cm³/mol. The molecule has 0 heterocycles. The second-order valence-corrected chi connectivity index (χ2v) is 8.82. The Kier molecular flexibility index (Phi) is 4.89. The van der Waals surface area contributed by atoms with E-state index >= 15 is 0 Å². The molecular formula is C26H32N4. The molecule has 0 saturated heterocycles. The fourth-order valence-corrected chi connectivity index (χ4v) is 5.06. The van der Waals surface area contributed by atoms with E-state index < -0.39 is 0 Å². The first-order valence-corrected chi connectivity index (χ1v) is 10.4. The maximum atomic E-state index is 2.27. The highest BCUT2D eigenvalue weighted by atomic mass is 15.3. The minimum Gasteiger partial charge on any atom is -0.364 e. The highest BCUT2D eigenvalue weighted by Crippen LogP contribution is 2.59. The van der Waals surface area contributed by atoms with Gasteiger partial charge < -0.3 is 19.6 Å². The lowest BCUT2D eigenvalue weighted by Crippen LogP contribution is -2.26. The minimum absolute atomic E-state index is 1.22. The zero-order chi connectivity index (χ0) is 21.7. The number of nitrogens with zero attached hydrogens (tertiary/aromatic N) is 4. The van der Waals surface area contributed by atoms with Crippen molar-refractivity contribution in [1.82, 2.24) is 19.6 Å². The fraction of sp³-hybridized carbons (Fsp3) is 0.308. The minimum atomic E-state index is 1.22. The lowest BCUT2D eigenvalue weighted by molar-refractivity contribution is 0.346. The number of rotatable bonds is 4. The van der Waals surface area contributed by atoms with Crippen molar-refractivity contribution in [3.05, 3.63) is 82.4 Å². The summed E-state index contributed by atoms with van der Waals surface area (Å²) in [5, 5.41) is 0. The molecule has 4 heteroatoms. The van der Waals surface area contributed by atoms with Gasteiger partial charge in [-0.1, -0.05) is 48.5 Å². The molecule has 0 spiro atoms. The van der Waals surface area contributed by atoms with Gasteiger partial charge >= 0.3 is 0 Å². The van der Waals surface area contributed by atoms with Crippen LogP contribution in [0, 0.1) is 0 Å². The molecule has 0 atom stereocenters. The van der Waals surface area contributed by atoms with Crippen molar-refractivity contribution >= 4 is 22.3 Å². The van der Waals surface area contributed by atoms with Crippen LogP contribution in [0.25, 0.3) is 22.3 Å². The molecule has 0 saturated carbocycles. The molecule has 2 aromatic carbocycles. The van der Waals surface area contributed by atoms with E-state index in [1.54, 1.807) is 0 Å². The first-order valence-electron chi connectivity index (χ1n) is 10.4. The monoisotopic (exact) mass is 400 g/mol. The number of allylic oxidation sites excluding steroid dienone is 4. The molecule has 0 bridgehead atoms. The molecule has 0 amide bonds. The topological polar surface area (TPSA) is 13.0 Å². The van der Waals surface area contributed by atoms with E-state index in [9.17, 15) is 0 Å². The Balaban J connectivity index is 2.21. The summed E-state index contributed by atoms with van der Waals surface area (Å²) < 4.78 is 0. The van der Waals surface area contributed by atoms with E-state index in [1.165, 1.54) is 56.2 Å². The zero-order valence-corrected chi connectivity index (χ0v) is 19.4. The van der Waals surface area contributed by atoms with Crippen molar-refractivity contribution in [2.24, 2.45) is 0 Å². The number of fused-ring (bicyclic) bond motifs is 4. The average Bonchev–Trinajstić information content (AvgIpc) is 3.16. The standard InChI is InChI=1S/C26H32N4/c1-27(2)25(28(3)4)23-19-15-11-9-13-17(19)22-21(23)18-14-10-12-16-20(18)24(22)26(29(5)6)30(7)8/h9-16H,1-8H3. The summed E-state index contributed by atoms with van der Waals surface area (Å²) in [4.78, 5) is 8.91. The van der Waals surface area contributed by atoms with Gasteiger partial charge in [0.15, 0.2) is 0 Å². The third-order valence-corrected chi connectivity index (χ3v) is 5.82. The molecule has 2 aliphatic rings. The Hall–Kier alpha value is -3.14. The van der Waals surface area contributed by atoms with Crippen molar-refractivity contribution < 1.29 is 0 Å². The molecule has 0 aromatic heterocycles. The molecule has 4 rings (SSSR count). The molecule has 0 unspecified atom stereocenters. The summed E-state index contributed by atoms with van der Waals surface area (Å²) in [6.07, 6.45) is 0. The quantitative estimate of drug-likeness (QED) is 0.762. The highest BCUT2D eigenvalue weighted by molar-refractivity contribution is 6.36. The van der Waals surface area contributed by atoms with Gasteiger partial charge in [-0.05, 0) is 22.3 Å². The van der Waals surface area contributed by atoms with Crippen LogP contribution in [0.15, 0.2) is 60.2 Å². The summed E-state index contributed by atoms with van der Waals surface area (Å²) in [7, 11) is 17.0. The number of hydrogen-bond acceptors (Lipinski definition) is 4. The van der Waals surface area contributed by atoms with Gasteiger partial charge in [-0.2, -0.15) is 0 Å². The molecule has 2 aromatic rings. The zero-order valence-electron chi connectivity index (χ0n) is 19.4. The van der Waals surface area contributed by atoms with Crippen molar-refractivity contribution in [2.75, 3.05) is 56.4 Å². The van der Waals surface area contributed by atoms with Crippen LogP contribution in [0.4, 0.5) is 0 Å². The lowest BCUT2D eigenvalue weighted by Gasteiger charge is -2.29. The molecule has 156 valence electrons. The second-order valence-electron chi connectivity index (χ2n) is 8.82. The lowest BCUT2D eigenvalue weighted by atomic mass is 9.92. The molecule has 4 nitrogen and oxygen atoms in total. The Bertz CT molecular complexity index is 990. The Morgan fingerprint density at radius 3 is 0.967 bits per heavy atom. The summed E-state index contributed by atoms with van der Waals surface area (Å²) in [6.45, 7) is 0. The van der Waals surface area contributed by atoms with E-state index in [-0.39, 0.29) is 0 Å². The largest absolute Gasteiger partial charge is 0.364 e. The molecule has 2 aliphatic carbocycles. The van der Waals surface area contributed by atoms with Crippen LogP contribution < -0.4 is 0 Å². The molecule has 0 N–H and O–H groups in total. The summed E-state index contributed by atoms with van der Waals surface area (Å²) in [5.74, 6) is 2.44. The average molecular weight is 401 g/mol. The van der Waals surface area contributed by atoms with Gasteiger partial charge in [-0.25, -0.2) is 0 Å². The van der Waals surface area contributed by atoms with Crippen molar-refractivity contribution in [1.29, 1.82) is 0 Å². The summed E-state index contributed by atoms with van der Waals surface area (Å²) in [5.41, 5.74) is 10.6. The SMILES string of the molecule is CN(C)C(=C1C2=C(C(=C(N(C)C)N(C)C)c3ccccc32)c2ccccc21)N(C)C. The molecule has 0 aliphatic heterocycles. The molecule has 0 radical (unpaired) electrons. The highest BCUT2D eigenvalue weighted by Gasteiger charge is 2.40. The summed E-state index contributed by atoms with van der Waals surface area (Å²) in [6, 6.07) is 17.7. The van der Waals surface area contributed by atoms with Gasteiger partial charge in [0.05, 0.1) is 0 Å². The van der Waals surface area contributed by atoms with Gasteiger partial charge in [-0.3, -0.25) is 0 Å². The predicted octanol–water partition coefficient (Wildman–Crippen LogP) is 4.21. The van der Waals surface area contributed by atoms with Gasteiger partial charge in [0, 0.05) is 78.7 Å². The molecular weight excluding hydrogens is 368 g/mol. The van der Waals surface area contributed by atoms with E-state index in [2.05, 4.69) is 125 Å². The number of hydrogen-bond donors (Lipinski definition) is 0. The molecule has 30 heavy (non-hydrogen) atoms. The van der Waals surface area contributed by atoms with Crippen LogP contribution in [-0.2, 0) is 0 Å². The second kappa shape index (κ2) is 7.28. The smallest absolute Gasteiger partial charge is 0.112 e. The third-order valence-electron chi connectivity index (χ3n) is 5.82. The van der Waals surface area contributed by atoms with E-state index in [4.69, 9.17) is 0 Å². The van der Waals surface area contributed by atoms with E-state index in [1.807, 2.05) is 0 Å². The third kappa shape index (κ3) is 2.82. The van der Waals surface area contributed by atoms with Crippen LogP contribution in [0.3, 0.4) is 0 Å². The summed E-state index contributed by atoms with van der Waals surface area (Å²) >= 11 is 0. The van der Waals surface area contributed by atoms with Crippen molar-refractivity contribution in [2.45, 2.75) is 0 Å². The van der Waals surface area contributed by atoms with Gasteiger partial charge in [-0.15, -0.1) is 0 Å². The van der Waals surface area contributed by atoms with Gasteiger partial charge in [0.2, 0.25) is 0 Å². The molecule has 0 fully saturated rings.